The highest BCUT2D eigenvalue weighted by atomic mass is 19.4. The molecule has 1 N–H and O–H groups in total. The Bertz CT molecular complexity index is 216. The van der Waals surface area contributed by atoms with Crippen LogP contribution in [0.2, 0.25) is 0 Å². The molecular formula is C12H23F3N2O. The predicted molar refractivity (Wildman–Crippen MR) is 64.6 cm³/mol. The molecule has 3 nitrogen and oxygen atoms in total. The van der Waals surface area contributed by atoms with Gasteiger partial charge in [-0.3, -0.25) is 0 Å². The van der Waals surface area contributed by atoms with Crippen molar-refractivity contribution >= 4 is 0 Å². The summed E-state index contributed by atoms with van der Waals surface area (Å²) in [5, 5.41) is 3.16. The Balaban J connectivity index is 1.93. The van der Waals surface area contributed by atoms with Gasteiger partial charge >= 0.3 is 6.18 Å². The third kappa shape index (κ3) is 7.18. The molecule has 1 rings (SSSR count). The molecule has 108 valence electrons. The lowest BCUT2D eigenvalue weighted by Crippen LogP contribution is -2.37. The monoisotopic (exact) mass is 268 g/mol. The Morgan fingerprint density at radius 2 is 1.94 bits per heavy atom. The molecule has 1 saturated heterocycles. The van der Waals surface area contributed by atoms with Crippen LogP contribution in [0, 0.1) is 5.92 Å². The third-order valence-corrected chi connectivity index (χ3v) is 3.28. The summed E-state index contributed by atoms with van der Waals surface area (Å²) in [6.45, 7) is 5.87. The van der Waals surface area contributed by atoms with Gasteiger partial charge in [0.2, 0.25) is 0 Å². The minimum atomic E-state index is -4.22. The number of hydrogen-bond acceptors (Lipinski definition) is 3. The maximum absolute atomic E-state index is 11.8. The Hall–Kier alpha value is -0.330. The highest BCUT2D eigenvalue weighted by Crippen LogP contribution is 2.16. The average Bonchev–Trinajstić information content (AvgIpc) is 2.33. The molecule has 0 aromatic carbocycles. The molecule has 0 aliphatic carbocycles. The maximum Gasteiger partial charge on any atom is 0.411 e. The molecule has 1 aliphatic heterocycles. The molecule has 0 bridgehead atoms. The van der Waals surface area contributed by atoms with Crippen LogP contribution in [-0.4, -0.2) is 57.0 Å². The van der Waals surface area contributed by atoms with Crippen molar-refractivity contribution in [2.45, 2.75) is 25.9 Å². The van der Waals surface area contributed by atoms with Crippen LogP contribution < -0.4 is 5.32 Å². The van der Waals surface area contributed by atoms with Gasteiger partial charge in [0, 0.05) is 6.54 Å². The standard InChI is InChI=1S/C12H23F3N2O/c1-2-17-6-3-11(4-7-17)9-16-5-8-18-10-12(13,14)15/h11,16H,2-10H2,1H3. The van der Waals surface area contributed by atoms with Crippen LogP contribution in [-0.2, 0) is 4.74 Å². The van der Waals surface area contributed by atoms with E-state index >= 15 is 0 Å². The highest BCUT2D eigenvalue weighted by Gasteiger charge is 2.27. The van der Waals surface area contributed by atoms with Crippen molar-refractivity contribution in [2.75, 3.05) is 45.9 Å². The van der Waals surface area contributed by atoms with E-state index in [9.17, 15) is 13.2 Å². The quantitative estimate of drug-likeness (QED) is 0.714. The van der Waals surface area contributed by atoms with Gasteiger partial charge in [-0.25, -0.2) is 0 Å². The fourth-order valence-corrected chi connectivity index (χ4v) is 2.15. The molecule has 6 heteroatoms. The van der Waals surface area contributed by atoms with E-state index in [0.717, 1.165) is 26.2 Å². The first kappa shape index (κ1) is 15.7. The van der Waals surface area contributed by atoms with Crippen LogP contribution in [0.1, 0.15) is 19.8 Å². The first-order valence-electron chi connectivity index (χ1n) is 6.59. The van der Waals surface area contributed by atoms with E-state index < -0.39 is 12.8 Å². The molecule has 0 unspecified atom stereocenters. The number of piperidine rings is 1. The van der Waals surface area contributed by atoms with Crippen LogP contribution >= 0.6 is 0 Å². The van der Waals surface area contributed by atoms with Crippen molar-refractivity contribution in [2.24, 2.45) is 5.92 Å². The number of ether oxygens (including phenoxy) is 1. The molecule has 0 aromatic heterocycles. The summed E-state index contributed by atoms with van der Waals surface area (Å²) in [7, 11) is 0. The summed E-state index contributed by atoms with van der Waals surface area (Å²) in [5.74, 6) is 0.649. The van der Waals surface area contributed by atoms with Gasteiger partial charge in [0.25, 0.3) is 0 Å². The van der Waals surface area contributed by atoms with E-state index in [1.807, 2.05) is 0 Å². The van der Waals surface area contributed by atoms with Crippen LogP contribution in [0.4, 0.5) is 13.2 Å². The summed E-state index contributed by atoms with van der Waals surface area (Å²) >= 11 is 0. The lowest BCUT2D eigenvalue weighted by molar-refractivity contribution is -0.173. The van der Waals surface area contributed by atoms with Gasteiger partial charge in [-0.05, 0) is 44.9 Å². The fourth-order valence-electron chi connectivity index (χ4n) is 2.15. The highest BCUT2D eigenvalue weighted by molar-refractivity contribution is 4.72. The van der Waals surface area contributed by atoms with E-state index in [0.29, 0.717) is 12.5 Å². The van der Waals surface area contributed by atoms with Gasteiger partial charge in [-0.1, -0.05) is 6.92 Å². The van der Waals surface area contributed by atoms with Gasteiger partial charge in [0.15, 0.2) is 0 Å². The lowest BCUT2D eigenvalue weighted by atomic mass is 9.97. The molecule has 18 heavy (non-hydrogen) atoms. The Labute approximate surface area is 107 Å². The van der Waals surface area contributed by atoms with Crippen molar-refractivity contribution in [3.63, 3.8) is 0 Å². The molecule has 0 spiro atoms. The molecule has 1 fully saturated rings. The van der Waals surface area contributed by atoms with Gasteiger partial charge in [0.05, 0.1) is 6.61 Å². The molecule has 0 atom stereocenters. The van der Waals surface area contributed by atoms with E-state index in [1.165, 1.54) is 12.8 Å². The minimum absolute atomic E-state index is 0.118. The van der Waals surface area contributed by atoms with Crippen molar-refractivity contribution in [1.29, 1.82) is 0 Å². The summed E-state index contributed by atoms with van der Waals surface area (Å²) in [5.41, 5.74) is 0. The average molecular weight is 268 g/mol. The number of nitrogens with zero attached hydrogens (tertiary/aromatic N) is 1. The fraction of sp³-hybridized carbons (Fsp3) is 1.00. The number of halogens is 3. The van der Waals surface area contributed by atoms with Crippen LogP contribution in [0.5, 0.6) is 0 Å². The largest absolute Gasteiger partial charge is 0.411 e. The Morgan fingerprint density at radius 3 is 2.50 bits per heavy atom. The maximum atomic E-state index is 11.8. The first-order chi connectivity index (χ1) is 8.51. The van der Waals surface area contributed by atoms with Gasteiger partial charge in [-0.15, -0.1) is 0 Å². The molecule has 0 saturated carbocycles. The number of rotatable bonds is 7. The summed E-state index contributed by atoms with van der Waals surface area (Å²) in [6, 6.07) is 0. The zero-order valence-corrected chi connectivity index (χ0v) is 10.9. The lowest BCUT2D eigenvalue weighted by Gasteiger charge is -2.31. The molecule has 0 radical (unpaired) electrons. The SMILES string of the molecule is CCN1CCC(CNCCOCC(F)(F)F)CC1. The number of nitrogens with one attached hydrogen (secondary N) is 1. The van der Waals surface area contributed by atoms with Crippen molar-refractivity contribution in [3.05, 3.63) is 0 Å². The second kappa shape index (κ2) is 7.96. The van der Waals surface area contributed by atoms with Gasteiger partial charge < -0.3 is 15.0 Å². The van der Waals surface area contributed by atoms with E-state index in [1.54, 1.807) is 0 Å². The topological polar surface area (TPSA) is 24.5 Å². The van der Waals surface area contributed by atoms with Crippen molar-refractivity contribution in [3.8, 4) is 0 Å². The Kier molecular flexibility index (Phi) is 6.96. The van der Waals surface area contributed by atoms with Crippen LogP contribution in [0.3, 0.4) is 0 Å². The van der Waals surface area contributed by atoms with Crippen molar-refractivity contribution in [1.82, 2.24) is 10.2 Å². The number of alkyl halides is 3. The summed E-state index contributed by atoms with van der Waals surface area (Å²) in [6.07, 6.45) is -1.87. The zero-order chi connectivity index (χ0) is 13.4. The normalized spacial score (nSPS) is 19.3. The Morgan fingerprint density at radius 1 is 1.28 bits per heavy atom. The van der Waals surface area contributed by atoms with E-state index in [-0.39, 0.29) is 6.61 Å². The first-order valence-corrected chi connectivity index (χ1v) is 6.59. The van der Waals surface area contributed by atoms with Gasteiger partial charge in [0.1, 0.15) is 6.61 Å². The minimum Gasteiger partial charge on any atom is -0.371 e. The van der Waals surface area contributed by atoms with Crippen LogP contribution in [0.25, 0.3) is 0 Å². The second-order valence-electron chi connectivity index (χ2n) is 4.75. The number of hydrogen-bond donors (Lipinski definition) is 1. The summed E-state index contributed by atoms with van der Waals surface area (Å²) in [4.78, 5) is 2.42. The second-order valence-corrected chi connectivity index (χ2v) is 4.75. The smallest absolute Gasteiger partial charge is 0.371 e. The van der Waals surface area contributed by atoms with E-state index in [2.05, 4.69) is 21.9 Å². The van der Waals surface area contributed by atoms with Crippen molar-refractivity contribution < 1.29 is 17.9 Å². The predicted octanol–water partition coefficient (Wildman–Crippen LogP) is 1.89. The molecule has 0 aromatic rings. The van der Waals surface area contributed by atoms with E-state index in [4.69, 9.17) is 0 Å². The van der Waals surface area contributed by atoms with Gasteiger partial charge in [-0.2, -0.15) is 13.2 Å². The summed E-state index contributed by atoms with van der Waals surface area (Å²) < 4.78 is 39.9. The molecule has 1 aliphatic rings. The molecule has 0 amide bonds. The molecular weight excluding hydrogens is 245 g/mol. The molecule has 1 heterocycles. The zero-order valence-electron chi connectivity index (χ0n) is 10.9. The van der Waals surface area contributed by atoms with Crippen LogP contribution in [0.15, 0.2) is 0 Å². The number of likely N-dealkylation sites (tertiary alicyclic amines) is 1. The third-order valence-electron chi connectivity index (χ3n) is 3.28.